The molecule has 0 bridgehead atoms. The van der Waals surface area contributed by atoms with Gasteiger partial charge in [-0.25, -0.2) is 0 Å². The van der Waals surface area contributed by atoms with Crippen LogP contribution in [0.3, 0.4) is 0 Å². The maximum absolute atomic E-state index is 10.4. The van der Waals surface area contributed by atoms with Crippen molar-refractivity contribution in [2.24, 2.45) is 5.92 Å². The first-order chi connectivity index (χ1) is 5.40. The molecule has 74 valence electrons. The average molecular weight is 174 g/mol. The Morgan fingerprint density at radius 3 is 1.58 bits per heavy atom. The number of esters is 1. The fourth-order valence-electron chi connectivity index (χ4n) is 0.346. The highest BCUT2D eigenvalue weighted by Crippen LogP contribution is 1.90. The Bertz CT molecular complexity index is 104. The lowest BCUT2D eigenvalue weighted by molar-refractivity contribution is -0.146. The standard InChI is InChI=1S/C6H12O2.C4H10/c1-4-6(7)8-5(2)3;1-4(2)3/h5H,4H2,1-3H3;4H,1-3H3. The molecule has 12 heavy (non-hydrogen) atoms. The lowest BCUT2D eigenvalue weighted by atomic mass is 10.3. The largest absolute Gasteiger partial charge is 0.463 e. The summed E-state index contributed by atoms with van der Waals surface area (Å²) in [5.74, 6) is 0.708. The third-order valence-electron chi connectivity index (χ3n) is 0.656. The van der Waals surface area contributed by atoms with E-state index in [9.17, 15) is 4.79 Å². The minimum absolute atomic E-state index is 0.0300. The van der Waals surface area contributed by atoms with Crippen LogP contribution in [0.1, 0.15) is 48.0 Å². The van der Waals surface area contributed by atoms with E-state index in [2.05, 4.69) is 20.8 Å². The monoisotopic (exact) mass is 174 g/mol. The smallest absolute Gasteiger partial charge is 0.305 e. The summed E-state index contributed by atoms with van der Waals surface area (Å²) in [4.78, 5) is 10.4. The van der Waals surface area contributed by atoms with E-state index in [0.717, 1.165) is 5.92 Å². The second-order valence-electron chi connectivity index (χ2n) is 3.62. The van der Waals surface area contributed by atoms with Crippen molar-refractivity contribution in [2.75, 3.05) is 0 Å². The van der Waals surface area contributed by atoms with Crippen molar-refractivity contribution in [1.29, 1.82) is 0 Å². The van der Waals surface area contributed by atoms with Crippen LogP contribution in [-0.4, -0.2) is 12.1 Å². The van der Waals surface area contributed by atoms with Crippen LogP contribution in [0.25, 0.3) is 0 Å². The lowest BCUT2D eigenvalue weighted by Crippen LogP contribution is -2.09. The van der Waals surface area contributed by atoms with Crippen LogP contribution in [0.15, 0.2) is 0 Å². The van der Waals surface area contributed by atoms with E-state index in [0.29, 0.717) is 6.42 Å². The third-order valence-corrected chi connectivity index (χ3v) is 0.656. The zero-order valence-electron chi connectivity index (χ0n) is 9.18. The van der Waals surface area contributed by atoms with Crippen molar-refractivity contribution in [3.8, 4) is 0 Å². The molecule has 0 atom stereocenters. The second kappa shape index (κ2) is 8.57. The molecule has 2 heteroatoms. The van der Waals surface area contributed by atoms with Crippen molar-refractivity contribution >= 4 is 5.97 Å². The third kappa shape index (κ3) is 22.7. The van der Waals surface area contributed by atoms with Gasteiger partial charge < -0.3 is 4.74 Å². The van der Waals surface area contributed by atoms with Gasteiger partial charge in [-0.05, 0) is 19.8 Å². The molecule has 0 saturated heterocycles. The Morgan fingerprint density at radius 2 is 1.50 bits per heavy atom. The molecule has 0 unspecified atom stereocenters. The van der Waals surface area contributed by atoms with Gasteiger partial charge in [0.25, 0.3) is 0 Å². The first-order valence-electron chi connectivity index (χ1n) is 4.59. The predicted octanol–water partition coefficient (Wildman–Crippen LogP) is 3.01. The molecule has 0 aliphatic rings. The molecular weight excluding hydrogens is 152 g/mol. The molecule has 0 aromatic heterocycles. The van der Waals surface area contributed by atoms with E-state index < -0.39 is 0 Å². The molecule has 0 rings (SSSR count). The van der Waals surface area contributed by atoms with Gasteiger partial charge in [0.2, 0.25) is 0 Å². The molecule has 0 saturated carbocycles. The Kier molecular flexibility index (Phi) is 10.0. The number of carbonyl (C=O) groups excluding carboxylic acids is 1. The number of hydrogen-bond acceptors (Lipinski definition) is 2. The summed E-state index contributed by atoms with van der Waals surface area (Å²) >= 11 is 0. The quantitative estimate of drug-likeness (QED) is 0.601. The van der Waals surface area contributed by atoms with Crippen molar-refractivity contribution < 1.29 is 9.53 Å². The van der Waals surface area contributed by atoms with Gasteiger partial charge in [-0.1, -0.05) is 27.7 Å². The molecule has 0 aliphatic carbocycles. The van der Waals surface area contributed by atoms with E-state index in [1.54, 1.807) is 6.92 Å². The fourth-order valence-corrected chi connectivity index (χ4v) is 0.346. The summed E-state index contributed by atoms with van der Waals surface area (Å²) in [5, 5.41) is 0. The predicted molar refractivity (Wildman–Crippen MR) is 52.0 cm³/mol. The van der Waals surface area contributed by atoms with Crippen LogP contribution in [0.2, 0.25) is 0 Å². The van der Waals surface area contributed by atoms with Gasteiger partial charge in [0.15, 0.2) is 0 Å². The van der Waals surface area contributed by atoms with Crippen molar-refractivity contribution in [3.05, 3.63) is 0 Å². The van der Waals surface area contributed by atoms with Crippen molar-refractivity contribution in [2.45, 2.75) is 54.1 Å². The summed E-state index contributed by atoms with van der Waals surface area (Å²) in [6.07, 6.45) is 0.500. The number of hydrogen-bond donors (Lipinski definition) is 0. The Morgan fingerprint density at radius 1 is 1.17 bits per heavy atom. The SMILES string of the molecule is CC(C)C.CCC(=O)OC(C)C. The normalized spacial score (nSPS) is 9.33. The Hall–Kier alpha value is -0.530. The van der Waals surface area contributed by atoms with Crippen LogP contribution in [0.5, 0.6) is 0 Å². The molecular formula is C10H22O2. The summed E-state index contributed by atoms with van der Waals surface area (Å²) in [6, 6.07) is 0. The van der Waals surface area contributed by atoms with Gasteiger partial charge in [-0.15, -0.1) is 0 Å². The highest BCUT2D eigenvalue weighted by molar-refractivity contribution is 5.68. The maximum atomic E-state index is 10.4. The Balaban J connectivity index is 0. The first kappa shape index (κ1) is 14.0. The van der Waals surface area contributed by atoms with Crippen LogP contribution < -0.4 is 0 Å². The number of carbonyl (C=O) groups is 1. The minimum atomic E-state index is -0.125. The van der Waals surface area contributed by atoms with E-state index in [1.165, 1.54) is 0 Å². The Labute approximate surface area is 76.3 Å². The zero-order valence-corrected chi connectivity index (χ0v) is 9.18. The average Bonchev–Trinajstić information content (AvgIpc) is 1.84. The van der Waals surface area contributed by atoms with Crippen LogP contribution >= 0.6 is 0 Å². The first-order valence-corrected chi connectivity index (χ1v) is 4.59. The molecule has 0 aliphatic heterocycles. The van der Waals surface area contributed by atoms with E-state index in [4.69, 9.17) is 4.74 Å². The molecule has 0 aromatic rings. The van der Waals surface area contributed by atoms with E-state index in [-0.39, 0.29) is 12.1 Å². The fraction of sp³-hybridized carbons (Fsp3) is 0.900. The number of ether oxygens (including phenoxy) is 1. The molecule has 0 radical (unpaired) electrons. The molecule has 0 fully saturated rings. The van der Waals surface area contributed by atoms with E-state index in [1.807, 2.05) is 13.8 Å². The summed E-state index contributed by atoms with van der Waals surface area (Å²) in [7, 11) is 0. The van der Waals surface area contributed by atoms with Gasteiger partial charge >= 0.3 is 5.97 Å². The topological polar surface area (TPSA) is 26.3 Å². The van der Waals surface area contributed by atoms with Crippen LogP contribution in [0, 0.1) is 5.92 Å². The van der Waals surface area contributed by atoms with Gasteiger partial charge in [-0.2, -0.15) is 0 Å². The number of rotatable bonds is 2. The summed E-state index contributed by atoms with van der Waals surface area (Å²) < 4.78 is 4.76. The van der Waals surface area contributed by atoms with Crippen molar-refractivity contribution in [1.82, 2.24) is 0 Å². The molecule has 0 amide bonds. The molecule has 0 spiro atoms. The molecule has 0 heterocycles. The van der Waals surface area contributed by atoms with Crippen LogP contribution in [0.4, 0.5) is 0 Å². The minimum Gasteiger partial charge on any atom is -0.463 e. The zero-order chi connectivity index (χ0) is 10.1. The van der Waals surface area contributed by atoms with Crippen molar-refractivity contribution in [3.63, 3.8) is 0 Å². The van der Waals surface area contributed by atoms with Gasteiger partial charge in [0.05, 0.1) is 6.10 Å². The summed E-state index contributed by atoms with van der Waals surface area (Å²) in [6.45, 7) is 12.0. The highest BCUT2D eigenvalue weighted by atomic mass is 16.5. The highest BCUT2D eigenvalue weighted by Gasteiger charge is 1.98. The van der Waals surface area contributed by atoms with Gasteiger partial charge in [-0.3, -0.25) is 4.79 Å². The van der Waals surface area contributed by atoms with E-state index >= 15 is 0 Å². The molecule has 2 nitrogen and oxygen atoms in total. The molecule has 0 aromatic carbocycles. The van der Waals surface area contributed by atoms with Gasteiger partial charge in [0, 0.05) is 6.42 Å². The molecule has 0 N–H and O–H groups in total. The second-order valence-corrected chi connectivity index (χ2v) is 3.62. The maximum Gasteiger partial charge on any atom is 0.305 e. The lowest BCUT2D eigenvalue weighted by Gasteiger charge is -2.04. The van der Waals surface area contributed by atoms with Crippen LogP contribution in [-0.2, 0) is 9.53 Å². The summed E-state index contributed by atoms with van der Waals surface area (Å²) in [5.41, 5.74) is 0. The van der Waals surface area contributed by atoms with Gasteiger partial charge in [0.1, 0.15) is 0 Å².